The molecule has 1 unspecified atom stereocenters. The number of nitrogens with zero attached hydrogens (tertiary/aromatic N) is 1. The molecule has 0 saturated carbocycles. The lowest BCUT2D eigenvalue weighted by atomic mass is 9.81. The van der Waals surface area contributed by atoms with Crippen molar-refractivity contribution in [1.82, 2.24) is 0 Å². The summed E-state index contributed by atoms with van der Waals surface area (Å²) in [4.78, 5) is 0. The smallest absolute Gasteiger partial charge is 0.166 e. The monoisotopic (exact) mass is 191 g/mol. The molecule has 0 radical (unpaired) electrons. The molecule has 1 saturated heterocycles. The third-order valence-electron chi connectivity index (χ3n) is 2.69. The van der Waals surface area contributed by atoms with Crippen molar-refractivity contribution in [2.75, 3.05) is 13.2 Å². The van der Waals surface area contributed by atoms with Crippen molar-refractivity contribution in [2.45, 2.75) is 19.6 Å². The maximum Gasteiger partial charge on any atom is 0.166 e. The Bertz CT molecular complexity index is 321. The minimum absolute atomic E-state index is 0.114. The third-order valence-corrected chi connectivity index (χ3v) is 2.69. The van der Waals surface area contributed by atoms with Crippen LogP contribution in [0.25, 0.3) is 0 Å². The van der Waals surface area contributed by atoms with Crippen LogP contribution in [-0.4, -0.2) is 19.5 Å². The van der Waals surface area contributed by atoms with E-state index >= 15 is 0 Å². The van der Waals surface area contributed by atoms with Gasteiger partial charge in [0.15, 0.2) is 6.29 Å². The predicted octanol–water partition coefficient (Wildman–Crippen LogP) is 1.78. The first-order valence-corrected chi connectivity index (χ1v) is 4.77. The predicted molar refractivity (Wildman–Crippen MR) is 51.3 cm³/mol. The standard InChI is InChI=1S/C11H13NO2/c1-11(10-13-6-7-14-10)4-2-9(8-12)3-5-11/h2-4,10H,5-7H2,1H3. The highest BCUT2D eigenvalue weighted by molar-refractivity contribution is 5.37. The average molecular weight is 191 g/mol. The van der Waals surface area contributed by atoms with Gasteiger partial charge in [-0.3, -0.25) is 0 Å². The number of rotatable bonds is 1. The van der Waals surface area contributed by atoms with Crippen LogP contribution in [-0.2, 0) is 9.47 Å². The third kappa shape index (κ3) is 1.59. The lowest BCUT2D eigenvalue weighted by Crippen LogP contribution is -2.32. The second-order valence-electron chi connectivity index (χ2n) is 3.89. The number of hydrogen-bond acceptors (Lipinski definition) is 3. The average Bonchev–Trinajstić information content (AvgIpc) is 2.72. The van der Waals surface area contributed by atoms with Gasteiger partial charge in [-0.25, -0.2) is 0 Å². The Hall–Kier alpha value is -1.11. The molecule has 0 spiro atoms. The zero-order valence-corrected chi connectivity index (χ0v) is 8.19. The van der Waals surface area contributed by atoms with E-state index in [9.17, 15) is 0 Å². The fraction of sp³-hybridized carbons (Fsp3) is 0.545. The number of hydrogen-bond donors (Lipinski definition) is 0. The molecule has 0 N–H and O–H groups in total. The van der Waals surface area contributed by atoms with Crippen LogP contribution in [0.2, 0.25) is 0 Å². The second-order valence-corrected chi connectivity index (χ2v) is 3.89. The molecule has 1 atom stereocenters. The summed E-state index contributed by atoms with van der Waals surface area (Å²) in [5.74, 6) is 0. The van der Waals surface area contributed by atoms with Gasteiger partial charge < -0.3 is 9.47 Å². The van der Waals surface area contributed by atoms with Crippen molar-refractivity contribution < 1.29 is 9.47 Å². The largest absolute Gasteiger partial charge is 0.349 e. The molecule has 1 heterocycles. The van der Waals surface area contributed by atoms with Gasteiger partial charge in [0.25, 0.3) is 0 Å². The fourth-order valence-corrected chi connectivity index (χ4v) is 1.74. The molecule has 0 bridgehead atoms. The van der Waals surface area contributed by atoms with E-state index in [2.05, 4.69) is 13.0 Å². The molecule has 1 fully saturated rings. The minimum Gasteiger partial charge on any atom is -0.349 e. The summed E-state index contributed by atoms with van der Waals surface area (Å²) < 4.78 is 11.0. The molecule has 0 amide bonds. The summed E-state index contributed by atoms with van der Waals surface area (Å²) in [6.45, 7) is 3.43. The van der Waals surface area contributed by atoms with Crippen molar-refractivity contribution in [3.63, 3.8) is 0 Å². The summed E-state index contributed by atoms with van der Waals surface area (Å²) in [6.07, 6.45) is 6.44. The molecule has 74 valence electrons. The van der Waals surface area contributed by atoms with Crippen LogP contribution >= 0.6 is 0 Å². The van der Waals surface area contributed by atoms with Gasteiger partial charge >= 0.3 is 0 Å². The van der Waals surface area contributed by atoms with E-state index in [-0.39, 0.29) is 11.7 Å². The summed E-state index contributed by atoms with van der Waals surface area (Å²) >= 11 is 0. The van der Waals surface area contributed by atoms with Gasteiger partial charge in [-0.05, 0) is 12.5 Å². The molecule has 1 aliphatic heterocycles. The number of allylic oxidation sites excluding steroid dienone is 3. The molecular formula is C11H13NO2. The Kier molecular flexibility index (Phi) is 2.40. The zero-order chi connectivity index (χ0) is 10.0. The van der Waals surface area contributed by atoms with Crippen LogP contribution in [0.15, 0.2) is 23.8 Å². The van der Waals surface area contributed by atoms with Crippen LogP contribution in [0, 0.1) is 16.7 Å². The van der Waals surface area contributed by atoms with Crippen LogP contribution in [0.1, 0.15) is 13.3 Å². The summed E-state index contributed by atoms with van der Waals surface area (Å²) in [6, 6.07) is 2.12. The number of ether oxygens (including phenoxy) is 2. The Morgan fingerprint density at radius 1 is 1.50 bits per heavy atom. The molecule has 0 aromatic heterocycles. The number of nitriles is 1. The Balaban J connectivity index is 2.10. The van der Waals surface area contributed by atoms with E-state index in [1.807, 2.05) is 18.2 Å². The van der Waals surface area contributed by atoms with Gasteiger partial charge in [0, 0.05) is 11.0 Å². The molecule has 2 aliphatic rings. The van der Waals surface area contributed by atoms with Gasteiger partial charge in [-0.1, -0.05) is 19.1 Å². The molecule has 14 heavy (non-hydrogen) atoms. The Morgan fingerprint density at radius 2 is 2.21 bits per heavy atom. The normalized spacial score (nSPS) is 32.7. The Morgan fingerprint density at radius 3 is 2.71 bits per heavy atom. The topological polar surface area (TPSA) is 42.2 Å². The van der Waals surface area contributed by atoms with E-state index < -0.39 is 0 Å². The van der Waals surface area contributed by atoms with Gasteiger partial charge in [-0.2, -0.15) is 5.26 Å². The minimum atomic E-state index is -0.157. The lowest BCUT2D eigenvalue weighted by Gasteiger charge is -2.31. The first-order valence-electron chi connectivity index (χ1n) is 4.77. The van der Waals surface area contributed by atoms with Crippen LogP contribution < -0.4 is 0 Å². The van der Waals surface area contributed by atoms with Gasteiger partial charge in [-0.15, -0.1) is 0 Å². The highest BCUT2D eigenvalue weighted by atomic mass is 16.7. The van der Waals surface area contributed by atoms with E-state index in [0.717, 1.165) is 12.0 Å². The zero-order valence-electron chi connectivity index (χ0n) is 8.19. The van der Waals surface area contributed by atoms with E-state index in [1.54, 1.807) is 0 Å². The van der Waals surface area contributed by atoms with Crippen molar-refractivity contribution in [1.29, 1.82) is 5.26 Å². The maximum atomic E-state index is 8.69. The van der Waals surface area contributed by atoms with Gasteiger partial charge in [0.2, 0.25) is 0 Å². The molecule has 2 rings (SSSR count). The van der Waals surface area contributed by atoms with E-state index in [4.69, 9.17) is 14.7 Å². The van der Waals surface area contributed by atoms with Crippen LogP contribution in [0.5, 0.6) is 0 Å². The molecule has 1 aliphatic carbocycles. The molecule has 3 heteroatoms. The van der Waals surface area contributed by atoms with E-state index in [1.165, 1.54) is 0 Å². The molecule has 3 nitrogen and oxygen atoms in total. The van der Waals surface area contributed by atoms with Crippen molar-refractivity contribution in [3.05, 3.63) is 23.8 Å². The lowest BCUT2D eigenvalue weighted by molar-refractivity contribution is -0.107. The summed E-state index contributed by atoms with van der Waals surface area (Å²) in [5, 5.41) is 8.69. The molecular weight excluding hydrogens is 178 g/mol. The van der Waals surface area contributed by atoms with Crippen molar-refractivity contribution >= 4 is 0 Å². The van der Waals surface area contributed by atoms with E-state index in [0.29, 0.717) is 13.2 Å². The highest BCUT2D eigenvalue weighted by Crippen LogP contribution is 2.36. The van der Waals surface area contributed by atoms with Crippen LogP contribution in [0.4, 0.5) is 0 Å². The first-order chi connectivity index (χ1) is 6.74. The molecule has 0 aromatic rings. The maximum absolute atomic E-state index is 8.69. The van der Waals surface area contributed by atoms with Crippen molar-refractivity contribution in [2.24, 2.45) is 5.41 Å². The summed E-state index contributed by atoms with van der Waals surface area (Å²) in [5.41, 5.74) is 0.608. The van der Waals surface area contributed by atoms with Gasteiger partial charge in [0.05, 0.1) is 19.3 Å². The first kappa shape index (κ1) is 9.45. The highest BCUT2D eigenvalue weighted by Gasteiger charge is 2.36. The van der Waals surface area contributed by atoms with Crippen LogP contribution in [0.3, 0.4) is 0 Å². The van der Waals surface area contributed by atoms with Crippen molar-refractivity contribution in [3.8, 4) is 6.07 Å². The second kappa shape index (κ2) is 3.56. The quantitative estimate of drug-likeness (QED) is 0.634. The SMILES string of the molecule is CC1(C2OCCO2)C=CC(C#N)=CC1. The summed E-state index contributed by atoms with van der Waals surface area (Å²) in [7, 11) is 0. The fourth-order valence-electron chi connectivity index (χ4n) is 1.74. The molecule has 0 aromatic carbocycles. The van der Waals surface area contributed by atoms with Gasteiger partial charge in [0.1, 0.15) is 0 Å². The Labute approximate surface area is 83.6 Å².